The molecule has 0 aliphatic rings. The van der Waals surface area contributed by atoms with Gasteiger partial charge in [0.15, 0.2) is 0 Å². The minimum absolute atomic E-state index is 0. The van der Waals surface area contributed by atoms with E-state index in [2.05, 4.69) is 34.9 Å². The molecule has 6 nitrogen and oxygen atoms in total. The molecule has 0 spiro atoms. The second-order valence-corrected chi connectivity index (χ2v) is 13.7. The van der Waals surface area contributed by atoms with E-state index in [1.165, 1.54) is 23.5 Å². The first-order chi connectivity index (χ1) is 24.6. The van der Waals surface area contributed by atoms with Crippen LogP contribution in [-0.2, 0) is 9.59 Å². The van der Waals surface area contributed by atoms with E-state index < -0.39 is 0 Å². The Balaban J connectivity index is 0.00000406. The van der Waals surface area contributed by atoms with Gasteiger partial charge in [-0.15, -0.1) is 35.9 Å². The molecule has 0 atom stereocenters. The lowest BCUT2D eigenvalue weighted by molar-refractivity contribution is -0.114. The fourth-order valence-electron chi connectivity index (χ4n) is 6.22. The number of hydrogen-bond donors (Lipinski definition) is 2. The molecule has 2 amide bonds. The molecule has 8 rings (SSSR count). The van der Waals surface area contributed by atoms with Gasteiger partial charge in [-0.1, -0.05) is 109 Å². The fraction of sp³-hybridized carbons (Fsp3) is 0.0476. The van der Waals surface area contributed by atoms with Gasteiger partial charge < -0.3 is 10.6 Å². The second kappa shape index (κ2) is 15.2. The molecule has 0 radical (unpaired) electrons. The fourth-order valence-corrected chi connectivity index (χ4v) is 8.22. The number of pyridine rings is 2. The highest BCUT2D eigenvalue weighted by Gasteiger charge is 2.17. The van der Waals surface area contributed by atoms with Crippen LogP contribution >= 0.6 is 35.9 Å². The summed E-state index contributed by atoms with van der Waals surface area (Å²) < 4.78 is 0. The molecule has 0 fully saturated rings. The molecule has 0 saturated carbocycles. The zero-order valence-corrected chi connectivity index (χ0v) is 29.7. The average Bonchev–Trinajstić information content (AvgIpc) is 3.15. The highest BCUT2D eigenvalue weighted by atomic mass is 35.5. The predicted molar refractivity (Wildman–Crippen MR) is 216 cm³/mol. The summed E-state index contributed by atoms with van der Waals surface area (Å²) in [5.41, 5.74) is 6.60. The van der Waals surface area contributed by atoms with Gasteiger partial charge in [0.1, 0.15) is 0 Å². The van der Waals surface area contributed by atoms with Crippen molar-refractivity contribution in [2.75, 3.05) is 22.1 Å². The van der Waals surface area contributed by atoms with Crippen LogP contribution in [0.2, 0.25) is 0 Å². The number of hydrogen-bond acceptors (Lipinski definition) is 6. The van der Waals surface area contributed by atoms with Gasteiger partial charge in [0.05, 0.1) is 33.6 Å². The Labute approximate surface area is 309 Å². The third-order valence-electron chi connectivity index (χ3n) is 8.46. The number of anilines is 2. The summed E-state index contributed by atoms with van der Waals surface area (Å²) in [5, 5.41) is 10.4. The molecule has 9 heteroatoms. The number of carbonyl (C=O) groups is 2. The van der Waals surface area contributed by atoms with E-state index in [0.29, 0.717) is 11.4 Å². The number of nitrogens with zero attached hydrogens (tertiary/aromatic N) is 2. The van der Waals surface area contributed by atoms with Gasteiger partial charge in [-0.2, -0.15) is 0 Å². The summed E-state index contributed by atoms with van der Waals surface area (Å²) in [7, 11) is 0. The van der Waals surface area contributed by atoms with Gasteiger partial charge in [-0.05, 0) is 36.4 Å². The molecule has 250 valence electrons. The van der Waals surface area contributed by atoms with Crippen molar-refractivity contribution in [3.8, 4) is 11.1 Å². The van der Waals surface area contributed by atoms with Crippen molar-refractivity contribution < 1.29 is 9.59 Å². The second-order valence-electron chi connectivity index (χ2n) is 11.7. The summed E-state index contributed by atoms with van der Waals surface area (Å²) in [4.78, 5) is 38.7. The maximum atomic E-state index is 13.5. The van der Waals surface area contributed by atoms with Crippen LogP contribution in [0.5, 0.6) is 0 Å². The minimum atomic E-state index is -0.123. The van der Waals surface area contributed by atoms with E-state index in [4.69, 9.17) is 9.97 Å². The Morgan fingerprint density at radius 3 is 1.08 bits per heavy atom. The van der Waals surface area contributed by atoms with Gasteiger partial charge in [0.2, 0.25) is 11.8 Å². The molecule has 0 saturated heterocycles. The van der Waals surface area contributed by atoms with Crippen molar-refractivity contribution in [1.82, 2.24) is 9.97 Å². The van der Waals surface area contributed by atoms with E-state index in [0.717, 1.165) is 64.5 Å². The Kier molecular flexibility index (Phi) is 10.2. The lowest BCUT2D eigenvalue weighted by atomic mass is 10.0. The number of halogens is 1. The van der Waals surface area contributed by atoms with Crippen molar-refractivity contribution in [3.63, 3.8) is 0 Å². The standard InChI is InChI=1S/C42H30N4O2S2.ClH/c47-39(25-49-41-29-15-3-9-21-35(29)43-36-22-10-4-16-30(36)41)45-33-19-7-1-13-27(33)28-14-2-8-20-34(28)46-40(48)26-50-42-31-17-5-11-23-37(31)44-38-24-12-6-18-32(38)42;/h1-24H,25-26H2,(H,45,47)(H,46,48);1H. The highest BCUT2D eigenvalue weighted by molar-refractivity contribution is 8.00. The van der Waals surface area contributed by atoms with Crippen molar-refractivity contribution in [2.24, 2.45) is 0 Å². The Hall–Kier alpha value is -5.41. The molecule has 6 aromatic carbocycles. The number of aromatic nitrogens is 2. The topological polar surface area (TPSA) is 84.0 Å². The van der Waals surface area contributed by atoms with E-state index >= 15 is 0 Å². The van der Waals surface area contributed by atoms with Crippen LogP contribution in [0.15, 0.2) is 155 Å². The van der Waals surface area contributed by atoms with Gasteiger partial charge in [0.25, 0.3) is 0 Å². The Bertz CT molecular complexity index is 2290. The molecule has 0 bridgehead atoms. The first-order valence-corrected chi connectivity index (χ1v) is 18.2. The zero-order valence-electron chi connectivity index (χ0n) is 27.2. The number of carbonyl (C=O) groups excluding carboxylic acids is 2. The number of rotatable bonds is 9. The molecular weight excluding hydrogens is 692 g/mol. The van der Waals surface area contributed by atoms with E-state index in [-0.39, 0.29) is 35.7 Å². The monoisotopic (exact) mass is 722 g/mol. The van der Waals surface area contributed by atoms with Gasteiger partial charge in [0, 0.05) is 53.8 Å². The first-order valence-electron chi connectivity index (χ1n) is 16.2. The van der Waals surface area contributed by atoms with Crippen molar-refractivity contribution in [1.29, 1.82) is 0 Å². The van der Waals surface area contributed by atoms with Crippen LogP contribution < -0.4 is 10.6 Å². The first kappa shape index (κ1) is 34.1. The third-order valence-corrected chi connectivity index (χ3v) is 10.7. The minimum Gasteiger partial charge on any atom is -0.325 e. The maximum Gasteiger partial charge on any atom is 0.234 e. The van der Waals surface area contributed by atoms with Crippen molar-refractivity contribution in [3.05, 3.63) is 146 Å². The largest absolute Gasteiger partial charge is 0.325 e. The van der Waals surface area contributed by atoms with Crippen LogP contribution in [0.4, 0.5) is 11.4 Å². The highest BCUT2D eigenvalue weighted by Crippen LogP contribution is 2.37. The molecule has 8 aromatic rings. The molecule has 2 aromatic heterocycles. The summed E-state index contributed by atoms with van der Waals surface area (Å²) in [6, 6.07) is 47.5. The van der Waals surface area contributed by atoms with Crippen LogP contribution in [0.1, 0.15) is 0 Å². The van der Waals surface area contributed by atoms with Crippen LogP contribution in [0.25, 0.3) is 54.7 Å². The number of fused-ring (bicyclic) bond motifs is 4. The lowest BCUT2D eigenvalue weighted by Gasteiger charge is -2.16. The third kappa shape index (κ3) is 7.12. The number of amides is 2. The summed E-state index contributed by atoms with van der Waals surface area (Å²) in [5.74, 6) is 0.199. The average molecular weight is 723 g/mol. The Morgan fingerprint density at radius 2 is 0.725 bits per heavy atom. The molecule has 2 heterocycles. The number of thioether (sulfide) groups is 2. The quantitative estimate of drug-likeness (QED) is 0.114. The van der Waals surface area contributed by atoms with Gasteiger partial charge in [-0.3, -0.25) is 9.59 Å². The normalized spacial score (nSPS) is 11.1. The van der Waals surface area contributed by atoms with Crippen molar-refractivity contribution >= 4 is 103 Å². The van der Waals surface area contributed by atoms with E-state index in [9.17, 15) is 9.59 Å². The number of benzene rings is 6. The lowest BCUT2D eigenvalue weighted by Crippen LogP contribution is -2.16. The van der Waals surface area contributed by atoms with Crippen LogP contribution in [0, 0.1) is 0 Å². The molecule has 51 heavy (non-hydrogen) atoms. The predicted octanol–water partition coefficient (Wildman–Crippen LogP) is 10.6. The van der Waals surface area contributed by atoms with E-state index in [1.807, 2.05) is 121 Å². The maximum absolute atomic E-state index is 13.5. The molecule has 0 aliphatic heterocycles. The van der Waals surface area contributed by atoms with Crippen molar-refractivity contribution in [2.45, 2.75) is 9.79 Å². The molecule has 2 N–H and O–H groups in total. The molecule has 0 aliphatic carbocycles. The number of para-hydroxylation sites is 6. The number of nitrogens with one attached hydrogen (secondary N) is 2. The molecular formula is C42H31ClN4O2S2. The SMILES string of the molecule is Cl.O=C(CSc1c2ccccc2nc2ccccc12)Nc1ccccc1-c1ccccc1NC(=O)CSc1c2ccccc2nc2ccccc12. The van der Waals surface area contributed by atoms with Crippen LogP contribution in [0.3, 0.4) is 0 Å². The smallest absolute Gasteiger partial charge is 0.234 e. The van der Waals surface area contributed by atoms with Gasteiger partial charge >= 0.3 is 0 Å². The van der Waals surface area contributed by atoms with E-state index in [1.54, 1.807) is 0 Å². The summed E-state index contributed by atoms with van der Waals surface area (Å²) in [6.45, 7) is 0. The summed E-state index contributed by atoms with van der Waals surface area (Å²) in [6.07, 6.45) is 0. The Morgan fingerprint density at radius 1 is 0.431 bits per heavy atom. The summed E-state index contributed by atoms with van der Waals surface area (Å²) >= 11 is 3.02. The van der Waals surface area contributed by atoms with Gasteiger partial charge in [-0.25, -0.2) is 9.97 Å². The van der Waals surface area contributed by atoms with Crippen LogP contribution in [-0.4, -0.2) is 33.3 Å². The zero-order chi connectivity index (χ0) is 33.9. The molecule has 0 unspecified atom stereocenters.